The van der Waals surface area contributed by atoms with Crippen molar-refractivity contribution in [2.75, 3.05) is 20.2 Å². The summed E-state index contributed by atoms with van der Waals surface area (Å²) < 4.78 is 6.47. The van der Waals surface area contributed by atoms with Crippen LogP contribution < -0.4 is 10.2 Å². The summed E-state index contributed by atoms with van der Waals surface area (Å²) in [5.74, 6) is 0.904. The Hall–Kier alpha value is -3.08. The summed E-state index contributed by atoms with van der Waals surface area (Å²) in [6, 6.07) is 29.2. The smallest absolute Gasteiger partial charge is 0.162 e. The minimum Gasteiger partial charge on any atom is -0.477 e. The van der Waals surface area contributed by atoms with Gasteiger partial charge in [0.15, 0.2) is 5.60 Å². The van der Waals surface area contributed by atoms with Crippen molar-refractivity contribution in [2.45, 2.75) is 25.0 Å². The van der Waals surface area contributed by atoms with Crippen molar-refractivity contribution < 1.29 is 9.57 Å². The summed E-state index contributed by atoms with van der Waals surface area (Å²) in [5, 5.41) is 0. The van der Waals surface area contributed by atoms with Crippen LogP contribution in [0.1, 0.15) is 29.5 Å². The molecule has 3 aromatic rings. The molecular formula is C27H28N2O2. The lowest BCUT2D eigenvalue weighted by Gasteiger charge is -2.26. The largest absolute Gasteiger partial charge is 0.477 e. The molecule has 1 N–H and O–H groups in total. The van der Waals surface area contributed by atoms with E-state index in [1.807, 2.05) is 24.3 Å². The Morgan fingerprint density at radius 2 is 1.65 bits per heavy atom. The topological polar surface area (TPSA) is 33.7 Å². The zero-order chi connectivity index (χ0) is 21.1. The average Bonchev–Trinajstić information content (AvgIpc) is 3.55. The predicted molar refractivity (Wildman–Crippen MR) is 123 cm³/mol. The lowest BCUT2D eigenvalue weighted by Crippen LogP contribution is -2.25. The number of nitrogens with one attached hydrogen (secondary N) is 1. The molecule has 4 nitrogen and oxygen atoms in total. The maximum absolute atomic E-state index is 6.47. The number of ether oxygens (including phenoxy) is 1. The van der Waals surface area contributed by atoms with Gasteiger partial charge in [-0.1, -0.05) is 72.8 Å². The van der Waals surface area contributed by atoms with Crippen molar-refractivity contribution >= 4 is 5.70 Å². The molecule has 3 aromatic carbocycles. The molecule has 1 fully saturated rings. The Morgan fingerprint density at radius 1 is 0.935 bits per heavy atom. The molecule has 0 radical (unpaired) electrons. The van der Waals surface area contributed by atoms with E-state index in [2.05, 4.69) is 78.1 Å². The Balaban J connectivity index is 1.20. The molecule has 158 valence electrons. The van der Waals surface area contributed by atoms with Crippen LogP contribution in [-0.2, 0) is 17.0 Å². The predicted octanol–water partition coefficient (Wildman–Crippen LogP) is 5.13. The lowest BCUT2D eigenvalue weighted by atomic mass is 10.0. The molecule has 1 unspecified atom stereocenters. The third-order valence-corrected chi connectivity index (χ3v) is 6.03. The van der Waals surface area contributed by atoms with Crippen molar-refractivity contribution in [3.63, 3.8) is 0 Å². The third-order valence-electron chi connectivity index (χ3n) is 6.03. The van der Waals surface area contributed by atoms with E-state index in [0.29, 0.717) is 6.61 Å². The number of hydrogen-bond acceptors (Lipinski definition) is 4. The van der Waals surface area contributed by atoms with Gasteiger partial charge in [0.05, 0.1) is 12.3 Å². The van der Waals surface area contributed by atoms with Crippen LogP contribution in [0.3, 0.4) is 0 Å². The van der Waals surface area contributed by atoms with Gasteiger partial charge in [-0.25, -0.2) is 0 Å². The summed E-state index contributed by atoms with van der Waals surface area (Å²) in [7, 11) is 2.15. The zero-order valence-electron chi connectivity index (χ0n) is 17.9. The van der Waals surface area contributed by atoms with Gasteiger partial charge in [0.25, 0.3) is 0 Å². The Morgan fingerprint density at radius 3 is 2.45 bits per heavy atom. The van der Waals surface area contributed by atoms with Crippen molar-refractivity contribution in [3.05, 3.63) is 107 Å². The Kier molecular flexibility index (Phi) is 5.49. The molecule has 0 amide bonds. The summed E-state index contributed by atoms with van der Waals surface area (Å²) in [4.78, 5) is 8.24. The van der Waals surface area contributed by atoms with Gasteiger partial charge < -0.3 is 9.64 Å². The van der Waals surface area contributed by atoms with Gasteiger partial charge in [0.1, 0.15) is 5.75 Å². The van der Waals surface area contributed by atoms with E-state index in [1.54, 1.807) is 0 Å². The van der Waals surface area contributed by atoms with E-state index >= 15 is 0 Å². The fraction of sp³-hybridized carbons (Fsp3) is 0.259. The van der Waals surface area contributed by atoms with Crippen LogP contribution in [0.4, 0.5) is 0 Å². The first-order valence-corrected chi connectivity index (χ1v) is 10.9. The zero-order valence-corrected chi connectivity index (χ0v) is 17.9. The van der Waals surface area contributed by atoms with Gasteiger partial charge in [-0.2, -0.15) is 0 Å². The number of hydrogen-bond donors (Lipinski definition) is 1. The fourth-order valence-corrected chi connectivity index (χ4v) is 4.37. The maximum Gasteiger partial charge on any atom is 0.162 e. The van der Waals surface area contributed by atoms with E-state index in [0.717, 1.165) is 42.9 Å². The van der Waals surface area contributed by atoms with E-state index in [1.165, 1.54) is 16.7 Å². The number of benzene rings is 3. The second-order valence-corrected chi connectivity index (χ2v) is 8.35. The highest BCUT2D eigenvalue weighted by Crippen LogP contribution is 2.60. The molecule has 0 aromatic heterocycles. The van der Waals surface area contributed by atoms with Crippen molar-refractivity contribution in [1.82, 2.24) is 10.4 Å². The molecule has 0 bridgehead atoms. The van der Waals surface area contributed by atoms with Crippen LogP contribution in [-0.4, -0.2) is 25.1 Å². The molecule has 1 saturated carbocycles. The molecule has 0 spiro atoms. The Labute approximate surface area is 184 Å². The maximum atomic E-state index is 6.47. The molecule has 0 saturated heterocycles. The number of nitrogens with zero attached hydrogens (tertiary/aromatic N) is 1. The minimum atomic E-state index is -0.350. The molecule has 1 atom stereocenters. The second kappa shape index (κ2) is 8.58. The fourth-order valence-electron chi connectivity index (χ4n) is 4.37. The van der Waals surface area contributed by atoms with Gasteiger partial charge in [0.2, 0.25) is 0 Å². The summed E-state index contributed by atoms with van der Waals surface area (Å²) in [5.41, 5.74) is 8.84. The van der Waals surface area contributed by atoms with E-state index in [9.17, 15) is 0 Å². The van der Waals surface area contributed by atoms with E-state index in [-0.39, 0.29) is 5.60 Å². The van der Waals surface area contributed by atoms with E-state index in [4.69, 9.17) is 9.57 Å². The average molecular weight is 413 g/mol. The molecule has 4 heteroatoms. The second-order valence-electron chi connectivity index (χ2n) is 8.35. The lowest BCUT2D eigenvalue weighted by molar-refractivity contribution is 0.0692. The van der Waals surface area contributed by atoms with Crippen molar-refractivity contribution in [3.8, 4) is 5.75 Å². The molecular weight excluding hydrogens is 384 g/mol. The first-order chi connectivity index (χ1) is 15.3. The van der Waals surface area contributed by atoms with Crippen LogP contribution in [0.2, 0.25) is 0 Å². The van der Waals surface area contributed by atoms with Crippen molar-refractivity contribution in [2.24, 2.45) is 0 Å². The number of rotatable bonds is 9. The number of hydroxylamine groups is 1. The third kappa shape index (κ3) is 4.09. The molecule has 31 heavy (non-hydrogen) atoms. The monoisotopic (exact) mass is 412 g/mol. The highest BCUT2D eigenvalue weighted by molar-refractivity contribution is 5.80. The van der Waals surface area contributed by atoms with Crippen LogP contribution in [0.25, 0.3) is 5.70 Å². The van der Waals surface area contributed by atoms with Gasteiger partial charge in [-0.3, -0.25) is 10.3 Å². The molecule has 1 aliphatic heterocycles. The highest BCUT2D eigenvalue weighted by atomic mass is 16.6. The number of para-hydroxylation sites is 1. The SMILES string of the molecule is CN(CCCONC1=C2CC2(c2ccccc2)Oc2ccccc21)Cc1ccccc1. The minimum absolute atomic E-state index is 0.350. The van der Waals surface area contributed by atoms with Crippen LogP contribution in [0.15, 0.2) is 90.5 Å². The summed E-state index contributed by atoms with van der Waals surface area (Å²) >= 11 is 0. The summed E-state index contributed by atoms with van der Waals surface area (Å²) in [6.45, 7) is 2.58. The standard InChI is InChI=1S/C27H28N2O2/c1-29(20-21-11-4-2-5-12-21)17-10-18-30-28-26-23-15-8-9-16-25(23)31-27(19-24(26)27)22-13-6-3-7-14-22/h2-9,11-16,28H,10,17-20H2,1H3. The van der Waals surface area contributed by atoms with Crippen LogP contribution >= 0.6 is 0 Å². The number of fused-ring (bicyclic) bond motifs is 2. The van der Waals surface area contributed by atoms with Gasteiger partial charge in [0, 0.05) is 36.2 Å². The molecule has 1 heterocycles. The van der Waals surface area contributed by atoms with Crippen LogP contribution in [0, 0.1) is 0 Å². The van der Waals surface area contributed by atoms with Gasteiger partial charge in [-0.05, 0) is 31.2 Å². The van der Waals surface area contributed by atoms with Gasteiger partial charge in [-0.15, -0.1) is 0 Å². The van der Waals surface area contributed by atoms with Crippen molar-refractivity contribution in [1.29, 1.82) is 0 Å². The van der Waals surface area contributed by atoms with Gasteiger partial charge >= 0.3 is 0 Å². The molecule has 5 rings (SSSR count). The molecule has 1 aliphatic carbocycles. The summed E-state index contributed by atoms with van der Waals surface area (Å²) in [6.07, 6.45) is 1.85. The first kappa shape index (κ1) is 19.9. The quantitative estimate of drug-likeness (QED) is 0.390. The highest BCUT2D eigenvalue weighted by Gasteiger charge is 2.58. The first-order valence-electron chi connectivity index (χ1n) is 10.9. The van der Waals surface area contributed by atoms with E-state index < -0.39 is 0 Å². The molecule has 2 aliphatic rings. The Bertz CT molecular complexity index is 1060. The van der Waals surface area contributed by atoms with Crippen LogP contribution in [0.5, 0.6) is 5.75 Å². The normalized spacial score (nSPS) is 18.9.